The van der Waals surface area contributed by atoms with Crippen LogP contribution in [-0.4, -0.2) is 5.78 Å². The van der Waals surface area contributed by atoms with Gasteiger partial charge in [-0.1, -0.05) is 19.8 Å². The minimum absolute atomic E-state index is 0.169. The van der Waals surface area contributed by atoms with Crippen LogP contribution in [0.3, 0.4) is 0 Å². The van der Waals surface area contributed by atoms with Crippen molar-refractivity contribution in [3.63, 3.8) is 0 Å². The Morgan fingerprint density at radius 1 is 0.526 bits per heavy atom. The number of unbranched alkanes of at least 4 members (excludes halogenated alkanes) is 2. The van der Waals surface area contributed by atoms with Crippen molar-refractivity contribution in [2.24, 2.45) is 30.7 Å². The molecule has 0 aliphatic rings. The second-order valence-corrected chi connectivity index (χ2v) is 8.65. The number of carbonyl (C=O) groups is 1. The van der Waals surface area contributed by atoms with E-state index in [4.69, 9.17) is 5.73 Å². The number of nitrogens with zero attached hydrogens (tertiary/aromatic N) is 6. The van der Waals surface area contributed by atoms with Gasteiger partial charge in [-0.3, -0.25) is 4.79 Å². The normalized spacial score (nSPS) is 11.6. The summed E-state index contributed by atoms with van der Waals surface area (Å²) in [5, 5.41) is 25.5. The average molecular weight is 504 g/mol. The van der Waals surface area contributed by atoms with Gasteiger partial charge in [-0.2, -0.15) is 30.7 Å². The molecule has 4 aromatic carbocycles. The van der Waals surface area contributed by atoms with E-state index in [-0.39, 0.29) is 5.78 Å². The Hall–Kier alpha value is -4.85. The van der Waals surface area contributed by atoms with Gasteiger partial charge in [0.1, 0.15) is 0 Å². The third-order valence-electron chi connectivity index (χ3n) is 5.63. The van der Waals surface area contributed by atoms with Crippen LogP contribution >= 0.6 is 0 Å². The number of nitrogen functional groups attached to an aromatic ring is 1. The quantitative estimate of drug-likeness (QED) is 0.0948. The van der Waals surface area contributed by atoms with Gasteiger partial charge in [0.25, 0.3) is 0 Å². The highest BCUT2D eigenvalue weighted by molar-refractivity contribution is 5.96. The minimum Gasteiger partial charge on any atom is -0.399 e. The van der Waals surface area contributed by atoms with Gasteiger partial charge in [0.05, 0.1) is 34.1 Å². The minimum atomic E-state index is 0.169. The fourth-order valence-electron chi connectivity index (χ4n) is 3.45. The Kier molecular flexibility index (Phi) is 9.28. The molecular formula is C30H29N7O. The van der Waals surface area contributed by atoms with Gasteiger partial charge in [0.15, 0.2) is 5.78 Å². The molecular weight excluding hydrogens is 474 g/mol. The van der Waals surface area contributed by atoms with Crippen molar-refractivity contribution >= 4 is 45.6 Å². The Balaban J connectivity index is 1.29. The molecule has 0 spiro atoms. The SMILES string of the molecule is CCCCCC(=O)c1ccc(N=Nc2ccc(N=Nc3ccc(N=Nc4ccc(N)cc4)cc3)cc2)cc1. The van der Waals surface area contributed by atoms with Crippen LogP contribution in [0.2, 0.25) is 0 Å². The van der Waals surface area contributed by atoms with E-state index in [1.54, 1.807) is 24.3 Å². The van der Waals surface area contributed by atoms with E-state index in [1.807, 2.05) is 72.8 Å². The summed E-state index contributed by atoms with van der Waals surface area (Å²) in [6, 6.07) is 29.0. The number of carbonyl (C=O) groups excluding carboxylic acids is 1. The van der Waals surface area contributed by atoms with Crippen LogP contribution in [0.1, 0.15) is 43.0 Å². The third kappa shape index (κ3) is 8.09. The molecule has 0 bridgehead atoms. The number of nitrogens with two attached hydrogens (primary N) is 1. The van der Waals surface area contributed by atoms with Crippen LogP contribution in [0.25, 0.3) is 0 Å². The van der Waals surface area contributed by atoms with Crippen molar-refractivity contribution in [1.82, 2.24) is 0 Å². The second kappa shape index (κ2) is 13.5. The first-order chi connectivity index (χ1) is 18.6. The van der Waals surface area contributed by atoms with Crippen molar-refractivity contribution in [2.75, 3.05) is 5.73 Å². The third-order valence-corrected chi connectivity index (χ3v) is 5.63. The number of hydrogen-bond donors (Lipinski definition) is 1. The highest BCUT2D eigenvalue weighted by atomic mass is 16.1. The molecule has 38 heavy (non-hydrogen) atoms. The number of ketones is 1. The lowest BCUT2D eigenvalue weighted by atomic mass is 10.0. The molecule has 2 N–H and O–H groups in total. The maximum atomic E-state index is 12.2. The monoisotopic (exact) mass is 503 g/mol. The molecule has 8 heteroatoms. The first kappa shape index (κ1) is 26.2. The molecule has 0 fully saturated rings. The number of Topliss-reactive ketones (excluding diaryl/α,β-unsaturated/α-hetero) is 1. The van der Waals surface area contributed by atoms with E-state index in [0.717, 1.165) is 24.9 Å². The van der Waals surface area contributed by atoms with Gasteiger partial charge in [0, 0.05) is 17.7 Å². The zero-order chi connectivity index (χ0) is 26.6. The summed E-state index contributed by atoms with van der Waals surface area (Å²) in [6.45, 7) is 2.13. The predicted molar refractivity (Wildman–Crippen MR) is 151 cm³/mol. The van der Waals surface area contributed by atoms with Crippen molar-refractivity contribution in [3.05, 3.63) is 103 Å². The molecule has 0 saturated carbocycles. The first-order valence-electron chi connectivity index (χ1n) is 12.5. The molecule has 0 atom stereocenters. The summed E-state index contributed by atoms with van der Waals surface area (Å²) in [4.78, 5) is 12.2. The molecule has 190 valence electrons. The largest absolute Gasteiger partial charge is 0.399 e. The van der Waals surface area contributed by atoms with E-state index in [0.29, 0.717) is 46.1 Å². The summed E-state index contributed by atoms with van der Waals surface area (Å²) in [5.41, 5.74) is 11.3. The zero-order valence-corrected chi connectivity index (χ0v) is 21.2. The lowest BCUT2D eigenvalue weighted by Gasteiger charge is -2.01. The topological polar surface area (TPSA) is 117 Å². The van der Waals surface area contributed by atoms with Crippen molar-refractivity contribution < 1.29 is 4.79 Å². The van der Waals surface area contributed by atoms with Gasteiger partial charge in [0.2, 0.25) is 0 Å². The van der Waals surface area contributed by atoms with Crippen LogP contribution in [0, 0.1) is 0 Å². The first-order valence-corrected chi connectivity index (χ1v) is 12.5. The molecule has 4 aromatic rings. The average Bonchev–Trinajstić information content (AvgIpc) is 2.96. The van der Waals surface area contributed by atoms with E-state index >= 15 is 0 Å². The Bertz CT molecular complexity index is 1410. The molecule has 0 aliphatic heterocycles. The predicted octanol–water partition coefficient (Wildman–Crippen LogP) is 10.3. The molecule has 0 radical (unpaired) electrons. The second-order valence-electron chi connectivity index (χ2n) is 8.65. The fourth-order valence-corrected chi connectivity index (χ4v) is 3.45. The smallest absolute Gasteiger partial charge is 0.162 e. The van der Waals surface area contributed by atoms with Crippen LogP contribution in [-0.2, 0) is 0 Å². The summed E-state index contributed by atoms with van der Waals surface area (Å²) in [5.74, 6) is 0.169. The van der Waals surface area contributed by atoms with E-state index < -0.39 is 0 Å². The summed E-state index contributed by atoms with van der Waals surface area (Å²) in [7, 11) is 0. The van der Waals surface area contributed by atoms with Gasteiger partial charge in [-0.05, 0) is 103 Å². The molecule has 0 aromatic heterocycles. The number of anilines is 1. The van der Waals surface area contributed by atoms with Crippen LogP contribution in [0.4, 0.5) is 39.8 Å². The van der Waals surface area contributed by atoms with Crippen molar-refractivity contribution in [2.45, 2.75) is 32.6 Å². The molecule has 0 saturated heterocycles. The number of benzene rings is 4. The molecule has 0 unspecified atom stereocenters. The Morgan fingerprint density at radius 2 is 0.842 bits per heavy atom. The van der Waals surface area contributed by atoms with Gasteiger partial charge < -0.3 is 5.73 Å². The number of hydrogen-bond acceptors (Lipinski definition) is 8. The molecule has 0 aliphatic carbocycles. The Morgan fingerprint density at radius 3 is 1.18 bits per heavy atom. The number of azo groups is 3. The molecule has 0 amide bonds. The maximum Gasteiger partial charge on any atom is 0.162 e. The lowest BCUT2D eigenvalue weighted by molar-refractivity contribution is 0.0979. The maximum absolute atomic E-state index is 12.2. The van der Waals surface area contributed by atoms with E-state index in [1.165, 1.54) is 0 Å². The van der Waals surface area contributed by atoms with Gasteiger partial charge in [-0.15, -0.1) is 0 Å². The highest BCUT2D eigenvalue weighted by Gasteiger charge is 2.05. The van der Waals surface area contributed by atoms with Crippen LogP contribution < -0.4 is 5.73 Å². The Labute approximate surface area is 222 Å². The van der Waals surface area contributed by atoms with E-state index in [9.17, 15) is 4.79 Å². The summed E-state index contributed by atoms with van der Waals surface area (Å²) in [6.07, 6.45) is 3.69. The van der Waals surface area contributed by atoms with Crippen molar-refractivity contribution in [3.8, 4) is 0 Å². The highest BCUT2D eigenvalue weighted by Crippen LogP contribution is 2.26. The van der Waals surface area contributed by atoms with Gasteiger partial charge >= 0.3 is 0 Å². The van der Waals surface area contributed by atoms with Crippen molar-refractivity contribution in [1.29, 1.82) is 0 Å². The van der Waals surface area contributed by atoms with Gasteiger partial charge in [-0.25, -0.2) is 0 Å². The summed E-state index contributed by atoms with van der Waals surface area (Å²) >= 11 is 0. The summed E-state index contributed by atoms with van der Waals surface area (Å²) < 4.78 is 0. The molecule has 8 nitrogen and oxygen atoms in total. The standard InChI is InChI=1S/C30H29N7O/c1-2-3-4-5-30(38)22-6-10-24(11-7-22)32-34-26-14-18-28(19-15-26)36-37-29-20-16-27(17-21-29)35-33-25-12-8-23(31)9-13-25/h6-21H,2-5,31H2,1H3. The van der Waals surface area contributed by atoms with Crippen LogP contribution in [0.5, 0.6) is 0 Å². The number of rotatable bonds is 11. The lowest BCUT2D eigenvalue weighted by Crippen LogP contribution is -1.97. The van der Waals surface area contributed by atoms with E-state index in [2.05, 4.69) is 37.6 Å². The fraction of sp³-hybridized carbons (Fsp3) is 0.167. The molecule has 0 heterocycles. The molecule has 4 rings (SSSR count). The van der Waals surface area contributed by atoms with Crippen LogP contribution in [0.15, 0.2) is 128 Å². The zero-order valence-electron chi connectivity index (χ0n) is 21.2.